The molecule has 0 saturated carbocycles. The van der Waals surface area contributed by atoms with Crippen molar-refractivity contribution in [3.63, 3.8) is 0 Å². The molecule has 0 spiro atoms. The Morgan fingerprint density at radius 3 is 2.27 bits per heavy atom. The topological polar surface area (TPSA) is 33.1 Å². The van der Waals surface area contributed by atoms with E-state index in [9.17, 15) is 5.11 Å². The number of nitrogens with zero attached hydrogens (tertiary/aromatic N) is 1. The highest BCUT2D eigenvalue weighted by Crippen LogP contribution is 2.31. The molecule has 1 heterocycles. The van der Waals surface area contributed by atoms with Crippen molar-refractivity contribution in [3.05, 3.63) is 66.0 Å². The van der Waals surface area contributed by atoms with Gasteiger partial charge in [0, 0.05) is 11.8 Å². The highest BCUT2D eigenvalue weighted by molar-refractivity contribution is 6.24. The molecular weight excluding hydrogens is 210 g/mol. The first-order chi connectivity index (χ1) is 7.21. The number of aliphatic hydroxyl groups is 1. The summed E-state index contributed by atoms with van der Waals surface area (Å²) in [6.07, 6.45) is 1.60. The van der Waals surface area contributed by atoms with E-state index < -0.39 is 5.06 Å². The van der Waals surface area contributed by atoms with E-state index >= 15 is 0 Å². The molecule has 3 heteroatoms. The second-order valence-electron chi connectivity index (χ2n) is 3.20. The van der Waals surface area contributed by atoms with Crippen molar-refractivity contribution in [2.75, 3.05) is 0 Å². The van der Waals surface area contributed by atoms with Gasteiger partial charge in [-0.15, -0.1) is 0 Å². The van der Waals surface area contributed by atoms with E-state index in [2.05, 4.69) is 4.98 Å². The van der Waals surface area contributed by atoms with Crippen LogP contribution in [0.15, 0.2) is 54.7 Å². The Bertz CT molecular complexity index is 386. The average molecular weight is 220 g/mol. The third-order valence-electron chi connectivity index (χ3n) is 2.16. The van der Waals surface area contributed by atoms with Crippen LogP contribution in [0, 0.1) is 0 Å². The van der Waals surface area contributed by atoms with E-state index in [-0.39, 0.29) is 0 Å². The van der Waals surface area contributed by atoms with E-state index in [4.69, 9.17) is 11.6 Å². The lowest BCUT2D eigenvalue weighted by Gasteiger charge is -2.20. The Balaban J connectivity index is 2.44. The Kier molecular flexibility index (Phi) is 2.71. The molecule has 1 aromatic heterocycles. The SMILES string of the molecule is O[C@](Cl)(c1ccccc1)c1ccccn1. The Morgan fingerprint density at radius 2 is 1.67 bits per heavy atom. The average Bonchev–Trinajstić information content (AvgIpc) is 2.31. The molecule has 0 aliphatic rings. The van der Waals surface area contributed by atoms with Crippen LogP contribution in [0.2, 0.25) is 0 Å². The third kappa shape index (κ3) is 2.01. The summed E-state index contributed by atoms with van der Waals surface area (Å²) in [4.78, 5) is 4.04. The van der Waals surface area contributed by atoms with Gasteiger partial charge in [-0.25, -0.2) is 0 Å². The zero-order chi connectivity index (χ0) is 10.7. The molecular formula is C12H10ClNO. The van der Waals surface area contributed by atoms with Gasteiger partial charge in [0.2, 0.25) is 5.06 Å². The summed E-state index contributed by atoms with van der Waals surface area (Å²) in [5, 5.41) is 8.61. The van der Waals surface area contributed by atoms with Gasteiger partial charge in [0.05, 0.1) is 5.69 Å². The normalized spacial score (nSPS) is 14.5. The number of alkyl halides is 1. The smallest absolute Gasteiger partial charge is 0.207 e. The molecule has 0 aliphatic heterocycles. The summed E-state index contributed by atoms with van der Waals surface area (Å²) < 4.78 is 0. The van der Waals surface area contributed by atoms with Gasteiger partial charge >= 0.3 is 0 Å². The predicted molar refractivity (Wildman–Crippen MR) is 59.5 cm³/mol. The lowest BCUT2D eigenvalue weighted by atomic mass is 10.1. The minimum Gasteiger partial charge on any atom is -0.366 e. The fourth-order valence-electron chi connectivity index (χ4n) is 1.37. The molecule has 0 saturated heterocycles. The lowest BCUT2D eigenvalue weighted by molar-refractivity contribution is 0.168. The van der Waals surface area contributed by atoms with E-state index in [0.29, 0.717) is 11.3 Å². The fraction of sp³-hybridized carbons (Fsp3) is 0.0833. The summed E-state index contributed by atoms with van der Waals surface area (Å²) in [7, 11) is 0. The standard InChI is InChI=1S/C12H10ClNO/c13-12(15,10-6-2-1-3-7-10)11-8-4-5-9-14-11/h1-9,15H/t12-/m1/s1. The molecule has 0 fully saturated rings. The first kappa shape index (κ1) is 10.1. The maximum Gasteiger partial charge on any atom is 0.207 e. The summed E-state index contributed by atoms with van der Waals surface area (Å²) in [5.41, 5.74) is 1.04. The van der Waals surface area contributed by atoms with Gasteiger partial charge in [0.1, 0.15) is 0 Å². The minimum atomic E-state index is -1.55. The lowest BCUT2D eigenvalue weighted by Crippen LogP contribution is -2.20. The molecule has 2 aromatic rings. The molecule has 2 nitrogen and oxygen atoms in total. The minimum absolute atomic E-state index is 0.429. The van der Waals surface area contributed by atoms with Crippen LogP contribution >= 0.6 is 11.6 Å². The number of halogens is 1. The number of rotatable bonds is 2. The van der Waals surface area contributed by atoms with Gasteiger partial charge in [-0.1, -0.05) is 48.0 Å². The predicted octanol–water partition coefficient (Wildman–Crippen LogP) is 2.51. The van der Waals surface area contributed by atoms with Gasteiger partial charge in [-0.3, -0.25) is 4.98 Å². The number of benzene rings is 1. The second-order valence-corrected chi connectivity index (χ2v) is 3.75. The van der Waals surface area contributed by atoms with Crippen LogP contribution in [-0.2, 0) is 5.06 Å². The number of hydrogen-bond donors (Lipinski definition) is 1. The molecule has 15 heavy (non-hydrogen) atoms. The van der Waals surface area contributed by atoms with Crippen LogP contribution in [0.5, 0.6) is 0 Å². The summed E-state index contributed by atoms with van der Waals surface area (Å²) in [6.45, 7) is 0. The molecule has 0 amide bonds. The van der Waals surface area contributed by atoms with Crippen molar-refractivity contribution in [1.82, 2.24) is 4.98 Å². The van der Waals surface area contributed by atoms with Crippen molar-refractivity contribution in [1.29, 1.82) is 0 Å². The van der Waals surface area contributed by atoms with Gasteiger partial charge in [0.25, 0.3) is 0 Å². The molecule has 1 atom stereocenters. The van der Waals surface area contributed by atoms with E-state index in [0.717, 1.165) is 0 Å². The molecule has 0 unspecified atom stereocenters. The zero-order valence-electron chi connectivity index (χ0n) is 7.97. The molecule has 76 valence electrons. The maximum atomic E-state index is 10.2. The molecule has 1 aromatic carbocycles. The number of hydrogen-bond acceptors (Lipinski definition) is 2. The monoisotopic (exact) mass is 219 g/mol. The quantitative estimate of drug-likeness (QED) is 0.788. The first-order valence-corrected chi connectivity index (χ1v) is 4.97. The highest BCUT2D eigenvalue weighted by Gasteiger charge is 2.29. The van der Waals surface area contributed by atoms with Crippen molar-refractivity contribution in [2.45, 2.75) is 5.06 Å². The van der Waals surface area contributed by atoms with Gasteiger partial charge in [-0.05, 0) is 12.1 Å². The van der Waals surface area contributed by atoms with Crippen LogP contribution < -0.4 is 0 Å². The van der Waals surface area contributed by atoms with Crippen LogP contribution in [-0.4, -0.2) is 10.1 Å². The largest absolute Gasteiger partial charge is 0.366 e. The Morgan fingerprint density at radius 1 is 1.00 bits per heavy atom. The van der Waals surface area contributed by atoms with E-state index in [1.54, 1.807) is 36.5 Å². The van der Waals surface area contributed by atoms with Gasteiger partial charge in [-0.2, -0.15) is 0 Å². The molecule has 2 rings (SSSR count). The number of aromatic nitrogens is 1. The van der Waals surface area contributed by atoms with Crippen molar-refractivity contribution in [3.8, 4) is 0 Å². The van der Waals surface area contributed by atoms with Crippen molar-refractivity contribution >= 4 is 11.6 Å². The molecule has 1 N–H and O–H groups in total. The Labute approximate surface area is 93.2 Å². The van der Waals surface area contributed by atoms with Crippen LogP contribution in [0.3, 0.4) is 0 Å². The van der Waals surface area contributed by atoms with E-state index in [1.165, 1.54) is 0 Å². The Hall–Kier alpha value is -1.38. The molecule has 0 radical (unpaired) electrons. The van der Waals surface area contributed by atoms with Crippen LogP contribution in [0.4, 0.5) is 0 Å². The fourth-order valence-corrected chi connectivity index (χ4v) is 1.60. The summed E-state index contributed by atoms with van der Waals surface area (Å²) in [6, 6.07) is 14.3. The molecule has 0 bridgehead atoms. The second kappa shape index (κ2) is 4.01. The molecule has 0 aliphatic carbocycles. The van der Waals surface area contributed by atoms with Crippen LogP contribution in [0.1, 0.15) is 11.3 Å². The zero-order valence-corrected chi connectivity index (χ0v) is 8.72. The van der Waals surface area contributed by atoms with Crippen LogP contribution in [0.25, 0.3) is 0 Å². The van der Waals surface area contributed by atoms with Gasteiger partial charge < -0.3 is 5.11 Å². The third-order valence-corrected chi connectivity index (χ3v) is 2.57. The van der Waals surface area contributed by atoms with Crippen molar-refractivity contribution < 1.29 is 5.11 Å². The first-order valence-electron chi connectivity index (χ1n) is 4.59. The van der Waals surface area contributed by atoms with E-state index in [1.807, 2.05) is 18.2 Å². The number of pyridine rings is 1. The highest BCUT2D eigenvalue weighted by atomic mass is 35.5. The van der Waals surface area contributed by atoms with Gasteiger partial charge in [0.15, 0.2) is 0 Å². The summed E-state index contributed by atoms with van der Waals surface area (Å²) in [5.74, 6) is 0. The maximum absolute atomic E-state index is 10.2. The van der Waals surface area contributed by atoms with Crippen molar-refractivity contribution in [2.24, 2.45) is 0 Å². The summed E-state index contributed by atoms with van der Waals surface area (Å²) >= 11 is 6.08.